The molecule has 0 saturated carbocycles. The average Bonchev–Trinajstić information content (AvgIpc) is 3.39. The molecule has 2 aromatic heterocycles. The molecule has 2 aliphatic rings. The van der Waals surface area contributed by atoms with Crippen molar-refractivity contribution in [3.63, 3.8) is 0 Å². The molecule has 3 aromatic carbocycles. The monoisotopic (exact) mass is 544 g/mol. The Labute approximate surface area is 244 Å². The third kappa shape index (κ3) is 4.30. The number of benzene rings is 3. The van der Waals surface area contributed by atoms with Gasteiger partial charge in [-0.05, 0) is 25.1 Å². The zero-order valence-corrected chi connectivity index (χ0v) is 23.2. The molecule has 0 bridgehead atoms. The van der Waals surface area contributed by atoms with E-state index in [2.05, 4.69) is 82.8 Å². The summed E-state index contributed by atoms with van der Waals surface area (Å²) in [7, 11) is 0. The predicted molar refractivity (Wildman–Crippen MR) is 172 cm³/mol. The summed E-state index contributed by atoms with van der Waals surface area (Å²) >= 11 is 0. The van der Waals surface area contributed by atoms with Gasteiger partial charge in [0.15, 0.2) is 17.5 Å². The highest BCUT2D eigenvalue weighted by Gasteiger charge is 2.29. The maximum Gasteiger partial charge on any atom is 0.215 e. The van der Waals surface area contributed by atoms with Gasteiger partial charge in [0.2, 0.25) is 5.96 Å². The van der Waals surface area contributed by atoms with Gasteiger partial charge in [-0.1, -0.05) is 110 Å². The van der Waals surface area contributed by atoms with Gasteiger partial charge in [0.05, 0.1) is 22.3 Å². The first-order valence-electron chi connectivity index (χ1n) is 14.0. The molecule has 0 aliphatic carbocycles. The van der Waals surface area contributed by atoms with Crippen LogP contribution in [0.3, 0.4) is 0 Å². The van der Waals surface area contributed by atoms with Gasteiger partial charge in [-0.2, -0.15) is 0 Å². The van der Waals surface area contributed by atoms with E-state index in [1.165, 1.54) is 10.8 Å². The average molecular weight is 545 g/mol. The first-order valence-corrected chi connectivity index (χ1v) is 14.0. The lowest BCUT2D eigenvalue weighted by Gasteiger charge is -2.33. The van der Waals surface area contributed by atoms with Crippen LogP contribution in [0.2, 0.25) is 0 Å². The second kappa shape index (κ2) is 10.7. The van der Waals surface area contributed by atoms with Gasteiger partial charge in [-0.15, -0.1) is 0 Å². The molecule has 0 saturated heterocycles. The minimum Gasteiger partial charge on any atom is -0.307 e. The third-order valence-electron chi connectivity index (χ3n) is 7.46. The molecular weight excluding hydrogens is 516 g/mol. The van der Waals surface area contributed by atoms with Crippen LogP contribution in [-0.4, -0.2) is 36.9 Å². The van der Waals surface area contributed by atoms with Crippen LogP contribution in [0, 0.1) is 0 Å². The SMILES string of the molecule is C=C/C=C\C(=C/C)c1nc(C2=CN=C(n3c4ccccc4c4ccccc43)N3CC=CC=C23)nc(-c2ccccc2)n1. The third-order valence-corrected chi connectivity index (χ3v) is 7.46. The molecule has 0 N–H and O–H groups in total. The van der Waals surface area contributed by atoms with E-state index < -0.39 is 0 Å². The normalized spacial score (nSPS) is 15.1. The van der Waals surface area contributed by atoms with E-state index in [0.29, 0.717) is 24.0 Å². The maximum atomic E-state index is 5.09. The van der Waals surface area contributed by atoms with Gasteiger partial charge in [0.1, 0.15) is 0 Å². The molecule has 0 amide bonds. The summed E-state index contributed by atoms with van der Waals surface area (Å²) in [5.74, 6) is 2.61. The number of fused-ring (bicyclic) bond motifs is 4. The topological polar surface area (TPSA) is 59.2 Å². The second-order valence-electron chi connectivity index (χ2n) is 9.94. The second-order valence-corrected chi connectivity index (χ2v) is 9.94. The molecule has 0 fully saturated rings. The van der Waals surface area contributed by atoms with Crippen molar-refractivity contribution < 1.29 is 0 Å². The molecule has 6 nitrogen and oxygen atoms in total. The van der Waals surface area contributed by atoms with Crippen LogP contribution in [0.4, 0.5) is 0 Å². The van der Waals surface area contributed by atoms with Crippen molar-refractivity contribution >= 4 is 38.9 Å². The lowest BCUT2D eigenvalue weighted by molar-refractivity contribution is 0.561. The van der Waals surface area contributed by atoms with Crippen LogP contribution in [0.25, 0.3) is 44.3 Å². The maximum absolute atomic E-state index is 5.09. The van der Waals surface area contributed by atoms with Crippen molar-refractivity contribution in [3.8, 4) is 11.4 Å². The van der Waals surface area contributed by atoms with E-state index in [-0.39, 0.29) is 0 Å². The lowest BCUT2D eigenvalue weighted by atomic mass is 10.1. The molecule has 2 aliphatic heterocycles. The number of rotatable bonds is 5. The van der Waals surface area contributed by atoms with Gasteiger partial charge in [0.25, 0.3) is 0 Å². The molecule has 0 atom stereocenters. The van der Waals surface area contributed by atoms with Crippen LogP contribution < -0.4 is 0 Å². The highest BCUT2D eigenvalue weighted by atomic mass is 15.3. The first kappa shape index (κ1) is 25.4. The summed E-state index contributed by atoms with van der Waals surface area (Å²) < 4.78 is 2.25. The summed E-state index contributed by atoms with van der Waals surface area (Å²) in [5.41, 5.74) is 5.87. The summed E-state index contributed by atoms with van der Waals surface area (Å²) in [6, 6.07) is 27.0. The standard InChI is InChI=1S/C36H28N6/c1-3-5-15-25(4-2)33-38-34(26-16-7-6-8-17-26)40-35(39-33)29-24-37-36(41-23-14-13-20-30(29)41)42-31-21-11-9-18-27(31)28-19-10-12-22-32(28)42/h3-22,24H,1,23H2,2H3/b15-5-,25-4+. The van der Waals surface area contributed by atoms with Gasteiger partial charge in [0, 0.05) is 34.7 Å². The van der Waals surface area contributed by atoms with Crippen LogP contribution in [0.5, 0.6) is 0 Å². The van der Waals surface area contributed by atoms with Crippen LogP contribution in [0.1, 0.15) is 18.6 Å². The Morgan fingerprint density at radius 2 is 1.52 bits per heavy atom. The molecule has 7 rings (SSSR count). The quantitative estimate of drug-likeness (QED) is 0.212. The fourth-order valence-electron chi connectivity index (χ4n) is 5.50. The summed E-state index contributed by atoms with van der Waals surface area (Å²) in [6.45, 7) is 6.47. The van der Waals surface area contributed by atoms with Crippen molar-refractivity contribution in [2.24, 2.45) is 4.99 Å². The number of nitrogens with zero attached hydrogens (tertiary/aromatic N) is 6. The Morgan fingerprint density at radius 3 is 2.24 bits per heavy atom. The van der Waals surface area contributed by atoms with Crippen LogP contribution >= 0.6 is 0 Å². The minimum atomic E-state index is 0.571. The minimum absolute atomic E-state index is 0.571. The van der Waals surface area contributed by atoms with Gasteiger partial charge >= 0.3 is 0 Å². The van der Waals surface area contributed by atoms with Crippen LogP contribution in [-0.2, 0) is 0 Å². The molecule has 42 heavy (non-hydrogen) atoms. The Kier molecular flexibility index (Phi) is 6.49. The molecule has 4 heterocycles. The zero-order chi connectivity index (χ0) is 28.5. The molecule has 0 radical (unpaired) electrons. The number of hydrogen-bond donors (Lipinski definition) is 0. The van der Waals surface area contributed by atoms with Crippen molar-refractivity contribution in [3.05, 3.63) is 152 Å². The molecule has 202 valence electrons. The van der Waals surface area contributed by atoms with Crippen molar-refractivity contribution in [1.29, 1.82) is 0 Å². The summed E-state index contributed by atoms with van der Waals surface area (Å²) in [5, 5.41) is 2.40. The van der Waals surface area contributed by atoms with E-state index in [9.17, 15) is 0 Å². The number of aromatic nitrogens is 4. The summed E-state index contributed by atoms with van der Waals surface area (Å²) in [4.78, 5) is 22.1. The fraction of sp³-hybridized carbons (Fsp3) is 0.0556. The highest BCUT2D eigenvalue weighted by Crippen LogP contribution is 2.35. The lowest BCUT2D eigenvalue weighted by Crippen LogP contribution is -2.38. The number of allylic oxidation sites excluding steroid dienone is 8. The zero-order valence-electron chi connectivity index (χ0n) is 23.2. The van der Waals surface area contributed by atoms with Crippen LogP contribution in [0.15, 0.2) is 145 Å². The van der Waals surface area contributed by atoms with Crippen molar-refractivity contribution in [1.82, 2.24) is 24.4 Å². The number of aliphatic imine (C=N–C) groups is 1. The highest BCUT2D eigenvalue weighted by molar-refractivity contribution is 6.14. The Balaban J connectivity index is 1.44. The van der Waals surface area contributed by atoms with E-state index in [1.54, 1.807) is 6.08 Å². The summed E-state index contributed by atoms with van der Waals surface area (Å²) in [6.07, 6.45) is 15.8. The molecular formula is C36H28N6. The van der Waals surface area contributed by atoms with Gasteiger partial charge in [-0.3, -0.25) is 4.57 Å². The Morgan fingerprint density at radius 1 is 0.833 bits per heavy atom. The van der Waals surface area contributed by atoms with Gasteiger partial charge < -0.3 is 4.90 Å². The number of para-hydroxylation sites is 2. The predicted octanol–water partition coefficient (Wildman–Crippen LogP) is 7.81. The van der Waals surface area contributed by atoms with Crippen molar-refractivity contribution in [2.75, 3.05) is 6.54 Å². The molecule has 0 spiro atoms. The Bertz CT molecular complexity index is 1980. The molecule has 0 unspecified atom stereocenters. The molecule has 6 heteroatoms. The van der Waals surface area contributed by atoms with E-state index in [1.807, 2.05) is 61.7 Å². The number of hydrogen-bond acceptors (Lipinski definition) is 5. The van der Waals surface area contributed by atoms with Gasteiger partial charge in [-0.25, -0.2) is 19.9 Å². The molecule has 5 aromatic rings. The van der Waals surface area contributed by atoms with E-state index >= 15 is 0 Å². The fourth-order valence-corrected chi connectivity index (χ4v) is 5.50. The van der Waals surface area contributed by atoms with E-state index in [4.69, 9.17) is 19.9 Å². The Hall–Kier alpha value is -5.62. The first-order chi connectivity index (χ1) is 20.8. The van der Waals surface area contributed by atoms with E-state index in [0.717, 1.165) is 39.4 Å². The smallest absolute Gasteiger partial charge is 0.215 e. The largest absolute Gasteiger partial charge is 0.307 e. The van der Waals surface area contributed by atoms with Crippen molar-refractivity contribution in [2.45, 2.75) is 6.92 Å².